The van der Waals surface area contributed by atoms with Crippen molar-refractivity contribution in [2.75, 3.05) is 11.9 Å². The van der Waals surface area contributed by atoms with Crippen LogP contribution in [0.5, 0.6) is 0 Å². The number of carbonyl (C=O) groups excluding carboxylic acids is 2. The molecule has 0 aliphatic heterocycles. The Morgan fingerprint density at radius 3 is 2.77 bits per heavy atom. The van der Waals surface area contributed by atoms with Crippen LogP contribution in [0.3, 0.4) is 0 Å². The molecule has 0 saturated heterocycles. The number of pyridine rings is 2. The van der Waals surface area contributed by atoms with E-state index in [1.54, 1.807) is 42.5 Å². The molecule has 0 radical (unpaired) electrons. The minimum absolute atomic E-state index is 0.163. The molecule has 0 atom stereocenters. The molecule has 0 aromatic carbocycles. The third-order valence-electron chi connectivity index (χ3n) is 3.45. The molecule has 1 N–H and O–H groups in total. The maximum atomic E-state index is 12.2. The van der Waals surface area contributed by atoms with Gasteiger partial charge in [0, 0.05) is 6.20 Å². The molecule has 3 aromatic heterocycles. The lowest BCUT2D eigenvalue weighted by Crippen LogP contribution is -2.21. The van der Waals surface area contributed by atoms with Crippen LogP contribution in [0.4, 0.5) is 5.69 Å². The van der Waals surface area contributed by atoms with Crippen LogP contribution in [0.2, 0.25) is 5.15 Å². The Balaban J connectivity index is 1.61. The monoisotopic (exact) mass is 387 g/mol. The van der Waals surface area contributed by atoms with Gasteiger partial charge >= 0.3 is 5.97 Å². The van der Waals surface area contributed by atoms with Crippen molar-refractivity contribution in [2.24, 2.45) is 0 Å². The molecule has 132 valence electrons. The first kappa shape index (κ1) is 18.0. The van der Waals surface area contributed by atoms with Crippen molar-refractivity contribution in [3.8, 4) is 10.6 Å². The number of nitrogens with zero attached hydrogens (tertiary/aromatic N) is 2. The molecule has 0 saturated carbocycles. The topological polar surface area (TPSA) is 81.2 Å². The normalized spacial score (nSPS) is 10.4. The van der Waals surface area contributed by atoms with Gasteiger partial charge in [-0.05, 0) is 42.6 Å². The first-order valence-electron chi connectivity index (χ1n) is 7.63. The summed E-state index contributed by atoms with van der Waals surface area (Å²) in [7, 11) is 0. The Morgan fingerprint density at radius 1 is 1.23 bits per heavy atom. The molecule has 0 bridgehead atoms. The molecule has 0 aliphatic rings. The SMILES string of the molecule is Cc1nc(-c2cccs2)ccc1C(=O)OCC(=O)Nc1cccnc1Cl. The first-order valence-corrected chi connectivity index (χ1v) is 8.89. The highest BCUT2D eigenvalue weighted by molar-refractivity contribution is 7.13. The number of esters is 1. The van der Waals surface area contributed by atoms with Crippen molar-refractivity contribution in [3.05, 3.63) is 64.4 Å². The van der Waals surface area contributed by atoms with E-state index >= 15 is 0 Å². The summed E-state index contributed by atoms with van der Waals surface area (Å²) in [6.07, 6.45) is 1.51. The second kappa shape index (κ2) is 8.07. The summed E-state index contributed by atoms with van der Waals surface area (Å²) in [6, 6.07) is 10.5. The summed E-state index contributed by atoms with van der Waals surface area (Å²) < 4.78 is 5.06. The van der Waals surface area contributed by atoms with E-state index in [2.05, 4.69) is 15.3 Å². The zero-order valence-electron chi connectivity index (χ0n) is 13.7. The van der Waals surface area contributed by atoms with Gasteiger partial charge in [0.2, 0.25) is 0 Å². The fourth-order valence-electron chi connectivity index (χ4n) is 2.21. The Kier molecular flexibility index (Phi) is 5.60. The number of thiophene rings is 1. The van der Waals surface area contributed by atoms with E-state index in [9.17, 15) is 9.59 Å². The summed E-state index contributed by atoms with van der Waals surface area (Å²) in [5, 5.41) is 4.66. The highest BCUT2D eigenvalue weighted by Crippen LogP contribution is 2.24. The smallest absolute Gasteiger partial charge is 0.340 e. The molecule has 0 aliphatic carbocycles. The molecule has 0 unspecified atom stereocenters. The van der Waals surface area contributed by atoms with Crippen LogP contribution in [0, 0.1) is 6.92 Å². The Labute approximate surface area is 158 Å². The van der Waals surface area contributed by atoms with E-state index < -0.39 is 18.5 Å². The van der Waals surface area contributed by atoms with Gasteiger partial charge in [0.1, 0.15) is 0 Å². The standard InChI is InChI=1S/C18H14ClN3O3S/c1-11-12(6-7-13(21-11)15-5-3-9-26-15)18(24)25-10-16(23)22-14-4-2-8-20-17(14)19/h2-9H,10H2,1H3,(H,22,23). The highest BCUT2D eigenvalue weighted by atomic mass is 35.5. The fraction of sp³-hybridized carbons (Fsp3) is 0.111. The van der Waals surface area contributed by atoms with Gasteiger partial charge < -0.3 is 10.1 Å². The van der Waals surface area contributed by atoms with Crippen molar-refractivity contribution < 1.29 is 14.3 Å². The first-order chi connectivity index (χ1) is 12.5. The van der Waals surface area contributed by atoms with Gasteiger partial charge in [-0.3, -0.25) is 9.78 Å². The number of amides is 1. The number of halogens is 1. The predicted molar refractivity (Wildman–Crippen MR) is 100 cm³/mol. The van der Waals surface area contributed by atoms with E-state index in [0.29, 0.717) is 16.9 Å². The number of aromatic nitrogens is 2. The van der Waals surface area contributed by atoms with Crippen molar-refractivity contribution in [1.29, 1.82) is 0 Å². The van der Waals surface area contributed by atoms with Crippen LogP contribution < -0.4 is 5.32 Å². The Hall–Kier alpha value is -2.77. The predicted octanol–water partition coefficient (Wildman–Crippen LogP) is 3.96. The number of aryl methyl sites for hydroxylation is 1. The van der Waals surface area contributed by atoms with Gasteiger partial charge in [-0.15, -0.1) is 11.3 Å². The number of rotatable bonds is 5. The van der Waals surface area contributed by atoms with Crippen LogP contribution in [-0.2, 0) is 9.53 Å². The summed E-state index contributed by atoms with van der Waals surface area (Å²) in [6.45, 7) is 1.29. The molecule has 6 nitrogen and oxygen atoms in total. The molecular formula is C18H14ClN3O3S. The summed E-state index contributed by atoms with van der Waals surface area (Å²) in [5.41, 5.74) is 2.00. The maximum absolute atomic E-state index is 12.2. The van der Waals surface area contributed by atoms with E-state index in [-0.39, 0.29) is 5.15 Å². The lowest BCUT2D eigenvalue weighted by molar-refractivity contribution is -0.119. The van der Waals surface area contributed by atoms with E-state index in [1.165, 1.54) is 6.20 Å². The minimum atomic E-state index is -0.611. The zero-order chi connectivity index (χ0) is 18.5. The second-order valence-corrected chi connectivity index (χ2v) is 6.58. The second-order valence-electron chi connectivity index (χ2n) is 5.27. The number of ether oxygens (including phenoxy) is 1. The highest BCUT2D eigenvalue weighted by Gasteiger charge is 2.15. The number of hydrogen-bond donors (Lipinski definition) is 1. The Morgan fingerprint density at radius 2 is 2.08 bits per heavy atom. The van der Waals surface area contributed by atoms with Crippen molar-refractivity contribution >= 4 is 40.5 Å². The molecule has 3 heterocycles. The number of carbonyl (C=O) groups is 2. The van der Waals surface area contributed by atoms with Crippen LogP contribution in [0.1, 0.15) is 16.1 Å². The van der Waals surface area contributed by atoms with E-state index in [1.807, 2.05) is 17.5 Å². The maximum Gasteiger partial charge on any atom is 0.340 e. The molecule has 0 fully saturated rings. The van der Waals surface area contributed by atoms with Crippen molar-refractivity contribution in [1.82, 2.24) is 9.97 Å². The third-order valence-corrected chi connectivity index (χ3v) is 4.64. The number of hydrogen-bond acceptors (Lipinski definition) is 6. The average molecular weight is 388 g/mol. The lowest BCUT2D eigenvalue weighted by atomic mass is 10.2. The molecule has 1 amide bonds. The number of anilines is 1. The molecule has 3 rings (SSSR count). The van der Waals surface area contributed by atoms with Crippen LogP contribution in [0.15, 0.2) is 48.0 Å². The summed E-state index contributed by atoms with van der Waals surface area (Å²) in [5.74, 6) is -1.12. The molecule has 26 heavy (non-hydrogen) atoms. The third kappa shape index (κ3) is 4.25. The molecule has 3 aromatic rings. The van der Waals surface area contributed by atoms with Gasteiger partial charge in [0.25, 0.3) is 5.91 Å². The van der Waals surface area contributed by atoms with Gasteiger partial charge in [-0.2, -0.15) is 0 Å². The lowest BCUT2D eigenvalue weighted by Gasteiger charge is -2.09. The van der Waals surface area contributed by atoms with Crippen LogP contribution in [-0.4, -0.2) is 28.5 Å². The van der Waals surface area contributed by atoms with Gasteiger partial charge in [-0.25, -0.2) is 9.78 Å². The molecular weight excluding hydrogens is 374 g/mol. The summed E-state index contributed by atoms with van der Waals surface area (Å²) in [4.78, 5) is 33.4. The quantitative estimate of drug-likeness (QED) is 0.529. The number of nitrogens with one attached hydrogen (secondary N) is 1. The fourth-order valence-corrected chi connectivity index (χ4v) is 3.07. The van der Waals surface area contributed by atoms with E-state index in [0.717, 1.165) is 10.6 Å². The van der Waals surface area contributed by atoms with Crippen molar-refractivity contribution in [2.45, 2.75) is 6.92 Å². The van der Waals surface area contributed by atoms with Crippen molar-refractivity contribution in [3.63, 3.8) is 0 Å². The Bertz CT molecular complexity index is 945. The van der Waals surface area contributed by atoms with Gasteiger partial charge in [0.05, 0.1) is 27.5 Å². The molecule has 0 spiro atoms. The average Bonchev–Trinajstić information content (AvgIpc) is 3.16. The summed E-state index contributed by atoms with van der Waals surface area (Å²) >= 11 is 7.43. The molecule has 8 heteroatoms. The largest absolute Gasteiger partial charge is 0.452 e. The van der Waals surface area contributed by atoms with Gasteiger partial charge in [0.15, 0.2) is 11.8 Å². The van der Waals surface area contributed by atoms with E-state index in [4.69, 9.17) is 16.3 Å². The van der Waals surface area contributed by atoms with Gasteiger partial charge in [-0.1, -0.05) is 17.7 Å². The van der Waals surface area contributed by atoms with Crippen LogP contribution in [0.25, 0.3) is 10.6 Å². The zero-order valence-corrected chi connectivity index (χ0v) is 15.3. The minimum Gasteiger partial charge on any atom is -0.452 e. The van der Waals surface area contributed by atoms with Crippen LogP contribution >= 0.6 is 22.9 Å².